The number of hydrogen-bond donors (Lipinski definition) is 2. The van der Waals surface area contributed by atoms with Crippen molar-refractivity contribution in [1.82, 2.24) is 15.6 Å². The van der Waals surface area contributed by atoms with E-state index in [-0.39, 0.29) is 11.6 Å². The summed E-state index contributed by atoms with van der Waals surface area (Å²) in [5, 5.41) is 7.88. The number of nitrogens with two attached hydrogens (primary N) is 1. The van der Waals surface area contributed by atoms with Gasteiger partial charge >= 0.3 is 6.18 Å². The Morgan fingerprint density at radius 3 is 2.44 bits per heavy atom. The van der Waals surface area contributed by atoms with Crippen molar-refractivity contribution in [2.24, 2.45) is 11.8 Å². The fourth-order valence-corrected chi connectivity index (χ4v) is 3.34. The lowest BCUT2D eigenvalue weighted by Crippen LogP contribution is -2.35. The molecule has 27 heavy (non-hydrogen) atoms. The number of hydrogen-bond acceptors (Lipinski definition) is 5. The van der Waals surface area contributed by atoms with Gasteiger partial charge in [0.05, 0.1) is 5.56 Å². The first-order chi connectivity index (χ1) is 12.9. The summed E-state index contributed by atoms with van der Waals surface area (Å²) < 4.78 is 39.4. The van der Waals surface area contributed by atoms with Crippen molar-refractivity contribution in [2.45, 2.75) is 25.4 Å². The number of alkyl halides is 3. The van der Waals surface area contributed by atoms with Gasteiger partial charge in [-0.15, -0.1) is 10.2 Å². The number of benzene rings is 1. The minimum absolute atomic E-state index is 0.125. The Bertz CT molecular complexity index is 786. The van der Waals surface area contributed by atoms with E-state index >= 15 is 0 Å². The van der Waals surface area contributed by atoms with Crippen molar-refractivity contribution in [3.05, 3.63) is 53.2 Å². The maximum absolute atomic E-state index is 13.1. The van der Waals surface area contributed by atoms with Crippen LogP contribution in [-0.2, 0) is 12.6 Å². The van der Waals surface area contributed by atoms with Crippen LogP contribution >= 0.6 is 0 Å². The average Bonchev–Trinajstić information content (AvgIpc) is 2.68. The SMILES string of the molecule is NNC(=O)c1ccc(N2CCC(Cc3ccccc3C(F)(F)F)CC2)nn1. The molecule has 1 aromatic heterocycles. The average molecular weight is 379 g/mol. The Morgan fingerprint density at radius 1 is 1.15 bits per heavy atom. The minimum atomic E-state index is -4.33. The normalized spacial score (nSPS) is 15.6. The van der Waals surface area contributed by atoms with Crippen molar-refractivity contribution in [2.75, 3.05) is 18.0 Å². The van der Waals surface area contributed by atoms with Gasteiger partial charge in [-0.2, -0.15) is 13.2 Å². The molecule has 144 valence electrons. The number of halogens is 3. The van der Waals surface area contributed by atoms with Crippen LogP contribution in [-0.4, -0.2) is 29.2 Å². The van der Waals surface area contributed by atoms with Crippen LogP contribution in [0.25, 0.3) is 0 Å². The van der Waals surface area contributed by atoms with Crippen LogP contribution in [0.5, 0.6) is 0 Å². The van der Waals surface area contributed by atoms with E-state index < -0.39 is 17.6 Å². The van der Waals surface area contributed by atoms with E-state index in [4.69, 9.17) is 5.84 Å². The number of carbonyl (C=O) groups is 1. The molecule has 0 saturated carbocycles. The number of nitrogen functional groups attached to an aromatic ring is 1. The molecule has 2 aromatic rings. The number of hydrazine groups is 1. The lowest BCUT2D eigenvalue weighted by Gasteiger charge is -2.33. The molecule has 0 aliphatic carbocycles. The minimum Gasteiger partial charge on any atom is -0.355 e. The van der Waals surface area contributed by atoms with Crippen molar-refractivity contribution in [3.63, 3.8) is 0 Å². The zero-order valence-electron chi connectivity index (χ0n) is 14.5. The molecule has 1 aliphatic rings. The van der Waals surface area contributed by atoms with Crippen LogP contribution in [0, 0.1) is 5.92 Å². The highest BCUT2D eigenvalue weighted by atomic mass is 19.4. The number of nitrogens with one attached hydrogen (secondary N) is 1. The summed E-state index contributed by atoms with van der Waals surface area (Å²) in [6, 6.07) is 8.99. The Kier molecular flexibility index (Phi) is 5.59. The zero-order valence-corrected chi connectivity index (χ0v) is 14.5. The molecule has 1 aromatic carbocycles. The standard InChI is InChI=1S/C18H20F3N5O/c19-18(20,21)14-4-2-1-3-13(14)11-12-7-9-26(10-8-12)16-6-5-15(24-25-16)17(27)23-22/h1-6,12H,7-11,22H2,(H,23,27). The monoisotopic (exact) mass is 379 g/mol. The molecule has 3 N–H and O–H groups in total. The van der Waals surface area contributed by atoms with Gasteiger partial charge in [0.1, 0.15) is 0 Å². The molecule has 1 amide bonds. The van der Waals surface area contributed by atoms with Crippen molar-refractivity contribution in [1.29, 1.82) is 0 Å². The first-order valence-electron chi connectivity index (χ1n) is 8.63. The van der Waals surface area contributed by atoms with Gasteiger partial charge in [-0.3, -0.25) is 10.2 Å². The van der Waals surface area contributed by atoms with E-state index in [1.54, 1.807) is 18.2 Å². The molecular formula is C18H20F3N5O. The van der Waals surface area contributed by atoms with E-state index in [1.165, 1.54) is 12.1 Å². The summed E-state index contributed by atoms with van der Waals surface area (Å²) in [6.45, 7) is 1.35. The number of aromatic nitrogens is 2. The summed E-state index contributed by atoms with van der Waals surface area (Å²) in [4.78, 5) is 13.4. The number of amides is 1. The zero-order chi connectivity index (χ0) is 19.4. The van der Waals surface area contributed by atoms with Gasteiger partial charge in [0, 0.05) is 13.1 Å². The number of nitrogens with zero attached hydrogens (tertiary/aromatic N) is 3. The summed E-state index contributed by atoms with van der Waals surface area (Å²) in [6.07, 6.45) is -2.40. The third kappa shape index (κ3) is 4.54. The molecule has 0 radical (unpaired) electrons. The Labute approximate surface area is 154 Å². The van der Waals surface area contributed by atoms with Gasteiger partial charge in [0.25, 0.3) is 5.91 Å². The van der Waals surface area contributed by atoms with Gasteiger partial charge in [-0.05, 0) is 48.9 Å². The van der Waals surface area contributed by atoms with E-state index in [9.17, 15) is 18.0 Å². The fraction of sp³-hybridized carbons (Fsp3) is 0.389. The van der Waals surface area contributed by atoms with E-state index in [2.05, 4.69) is 10.2 Å². The second-order valence-electron chi connectivity index (χ2n) is 6.54. The Morgan fingerprint density at radius 2 is 1.85 bits per heavy atom. The molecule has 3 rings (SSSR count). The second kappa shape index (κ2) is 7.91. The molecule has 0 unspecified atom stereocenters. The van der Waals surface area contributed by atoms with Gasteiger partial charge in [-0.1, -0.05) is 18.2 Å². The van der Waals surface area contributed by atoms with E-state index in [0.717, 1.165) is 18.9 Å². The predicted molar refractivity (Wildman–Crippen MR) is 93.8 cm³/mol. The molecule has 1 fully saturated rings. The quantitative estimate of drug-likeness (QED) is 0.485. The summed E-state index contributed by atoms with van der Waals surface area (Å²) in [7, 11) is 0. The first-order valence-corrected chi connectivity index (χ1v) is 8.63. The Hall–Kier alpha value is -2.68. The molecule has 1 aliphatic heterocycles. The van der Waals surface area contributed by atoms with Crippen LogP contribution in [0.3, 0.4) is 0 Å². The van der Waals surface area contributed by atoms with Crippen molar-refractivity contribution >= 4 is 11.7 Å². The number of anilines is 1. The van der Waals surface area contributed by atoms with Crippen molar-refractivity contribution in [3.8, 4) is 0 Å². The highest BCUT2D eigenvalue weighted by molar-refractivity contribution is 5.91. The third-order valence-electron chi connectivity index (χ3n) is 4.78. The van der Waals surface area contributed by atoms with E-state index in [0.29, 0.717) is 30.9 Å². The lowest BCUT2D eigenvalue weighted by atomic mass is 9.88. The maximum atomic E-state index is 13.1. The summed E-state index contributed by atoms with van der Waals surface area (Å²) >= 11 is 0. The van der Waals surface area contributed by atoms with Gasteiger partial charge in [0.15, 0.2) is 11.5 Å². The highest BCUT2D eigenvalue weighted by Gasteiger charge is 2.33. The number of piperidine rings is 1. The van der Waals surface area contributed by atoms with Gasteiger partial charge in [0.2, 0.25) is 0 Å². The maximum Gasteiger partial charge on any atom is 0.416 e. The lowest BCUT2D eigenvalue weighted by molar-refractivity contribution is -0.138. The number of carbonyl (C=O) groups excluding carboxylic acids is 1. The predicted octanol–water partition coefficient (Wildman–Crippen LogP) is 2.56. The van der Waals surface area contributed by atoms with Crippen LogP contribution in [0.1, 0.15) is 34.5 Å². The molecule has 1 saturated heterocycles. The first kappa shape index (κ1) is 19.1. The smallest absolute Gasteiger partial charge is 0.355 e. The molecule has 2 heterocycles. The van der Waals surface area contributed by atoms with Crippen LogP contribution in [0.2, 0.25) is 0 Å². The van der Waals surface area contributed by atoms with Crippen molar-refractivity contribution < 1.29 is 18.0 Å². The molecule has 0 spiro atoms. The summed E-state index contributed by atoms with van der Waals surface area (Å²) in [5.74, 6) is 5.35. The topological polar surface area (TPSA) is 84.1 Å². The summed E-state index contributed by atoms with van der Waals surface area (Å²) in [5.41, 5.74) is 1.91. The van der Waals surface area contributed by atoms with Gasteiger partial charge in [-0.25, -0.2) is 5.84 Å². The van der Waals surface area contributed by atoms with Crippen LogP contribution in [0.15, 0.2) is 36.4 Å². The number of rotatable bonds is 4. The fourth-order valence-electron chi connectivity index (χ4n) is 3.34. The molecule has 0 bridgehead atoms. The Balaban J connectivity index is 1.61. The molecule has 9 heteroatoms. The third-order valence-corrected chi connectivity index (χ3v) is 4.78. The van der Waals surface area contributed by atoms with Crippen LogP contribution in [0.4, 0.5) is 19.0 Å². The second-order valence-corrected chi connectivity index (χ2v) is 6.54. The van der Waals surface area contributed by atoms with E-state index in [1.807, 2.05) is 10.3 Å². The molecule has 6 nitrogen and oxygen atoms in total. The highest BCUT2D eigenvalue weighted by Crippen LogP contribution is 2.34. The van der Waals surface area contributed by atoms with Crippen LogP contribution < -0.4 is 16.2 Å². The molecular weight excluding hydrogens is 359 g/mol. The molecule has 0 atom stereocenters. The van der Waals surface area contributed by atoms with Gasteiger partial charge < -0.3 is 4.90 Å². The largest absolute Gasteiger partial charge is 0.416 e.